The van der Waals surface area contributed by atoms with Gasteiger partial charge in [0.15, 0.2) is 6.10 Å². The molecule has 188 valence electrons. The summed E-state index contributed by atoms with van der Waals surface area (Å²) in [6.07, 6.45) is 2.69. The van der Waals surface area contributed by atoms with Crippen LogP contribution in [0.5, 0.6) is 11.5 Å². The van der Waals surface area contributed by atoms with Gasteiger partial charge in [-0.05, 0) is 77.2 Å². The molecule has 0 heterocycles. The number of amides is 2. The molecule has 0 unspecified atom stereocenters. The third-order valence-corrected chi connectivity index (χ3v) is 5.76. The summed E-state index contributed by atoms with van der Waals surface area (Å²) in [5, 5.41) is 7.50. The van der Waals surface area contributed by atoms with Crippen LogP contribution in [0.15, 0.2) is 58.6 Å². The summed E-state index contributed by atoms with van der Waals surface area (Å²) in [6.45, 7) is 9.49. The van der Waals surface area contributed by atoms with Crippen LogP contribution in [-0.2, 0) is 9.59 Å². The second kappa shape index (κ2) is 14.1. The minimum Gasteiger partial charge on any atom is -0.488 e. The van der Waals surface area contributed by atoms with Crippen molar-refractivity contribution in [1.29, 1.82) is 0 Å². The largest absolute Gasteiger partial charge is 0.488 e. The zero-order chi connectivity index (χ0) is 26.0. The van der Waals surface area contributed by atoms with Crippen LogP contribution < -0.4 is 20.2 Å². The molecule has 0 saturated heterocycles. The number of rotatable bonds is 12. The van der Waals surface area contributed by atoms with E-state index in [4.69, 9.17) is 32.7 Å². The zero-order valence-electron chi connectivity index (χ0n) is 19.7. The first-order chi connectivity index (χ1) is 16.6. The number of nitrogens with zero attached hydrogens (tertiary/aromatic N) is 1. The number of carbonyl (C=O) groups excluding carboxylic acids is 2. The van der Waals surface area contributed by atoms with E-state index < -0.39 is 24.0 Å². The highest BCUT2D eigenvalue weighted by molar-refractivity contribution is 9.10. The second-order valence-corrected chi connectivity index (χ2v) is 9.75. The molecule has 0 spiro atoms. The molecule has 0 saturated carbocycles. The Bertz CT molecular complexity index is 1080. The Morgan fingerprint density at radius 2 is 1.83 bits per heavy atom. The fourth-order valence-electron chi connectivity index (χ4n) is 2.92. The molecule has 2 aromatic carbocycles. The second-order valence-electron chi connectivity index (χ2n) is 8.05. The lowest BCUT2D eigenvalue weighted by Crippen LogP contribution is -2.49. The molecule has 35 heavy (non-hydrogen) atoms. The van der Waals surface area contributed by atoms with Crippen LogP contribution in [0.4, 0.5) is 0 Å². The summed E-state index contributed by atoms with van der Waals surface area (Å²) < 4.78 is 11.9. The molecule has 0 fully saturated rings. The van der Waals surface area contributed by atoms with Crippen LogP contribution in [-0.4, -0.2) is 36.8 Å². The van der Waals surface area contributed by atoms with Crippen LogP contribution in [0.1, 0.15) is 32.8 Å². The van der Waals surface area contributed by atoms with Crippen molar-refractivity contribution < 1.29 is 19.1 Å². The number of ether oxygens (including phenoxy) is 2. The number of carbonyl (C=O) groups is 2. The van der Waals surface area contributed by atoms with Crippen molar-refractivity contribution in [1.82, 2.24) is 10.7 Å². The molecule has 2 N–H and O–H groups in total. The topological polar surface area (TPSA) is 89.0 Å². The fourth-order valence-corrected chi connectivity index (χ4v) is 3.88. The van der Waals surface area contributed by atoms with E-state index in [1.807, 2.05) is 19.9 Å². The molecule has 0 aliphatic carbocycles. The van der Waals surface area contributed by atoms with E-state index in [-0.39, 0.29) is 10.9 Å². The number of benzene rings is 2. The third kappa shape index (κ3) is 9.55. The van der Waals surface area contributed by atoms with Crippen LogP contribution in [0.25, 0.3) is 0 Å². The van der Waals surface area contributed by atoms with Gasteiger partial charge in [-0.3, -0.25) is 9.59 Å². The summed E-state index contributed by atoms with van der Waals surface area (Å²) >= 11 is 15.5. The predicted molar refractivity (Wildman–Crippen MR) is 144 cm³/mol. The van der Waals surface area contributed by atoms with E-state index in [1.165, 1.54) is 12.3 Å². The lowest BCUT2D eigenvalue weighted by atomic mass is 10.0. The van der Waals surface area contributed by atoms with Crippen LogP contribution in [0, 0.1) is 5.92 Å². The lowest BCUT2D eigenvalue weighted by Gasteiger charge is -2.22. The molecule has 2 aromatic rings. The van der Waals surface area contributed by atoms with Gasteiger partial charge in [0, 0.05) is 5.02 Å². The van der Waals surface area contributed by atoms with Gasteiger partial charge in [-0.25, -0.2) is 5.43 Å². The fraction of sp³-hybridized carbons (Fsp3) is 0.320. The SMILES string of the molecule is C=CCOc1ccc(/C=N\NC(=O)[C@H](CC(C)C)NC(=O)[C@H](C)Oc2ccc(Cl)cc2Cl)cc1Br. The standard InChI is InChI=1S/C25H28BrCl2N3O4/c1-5-10-34-22-8-6-17(12-19(22)26)14-29-31-25(33)21(11-15(2)3)30-24(32)16(4)35-23-9-7-18(27)13-20(23)28/h5-9,12-16,21H,1,10-11H2,2-4H3,(H,30,32)(H,31,33)/b29-14-/t16-,21-/m0/s1. The molecule has 7 nitrogen and oxygen atoms in total. The summed E-state index contributed by atoms with van der Waals surface area (Å²) in [6, 6.07) is 9.31. The minimum atomic E-state index is -0.890. The number of hydrazone groups is 1. The lowest BCUT2D eigenvalue weighted by molar-refractivity contribution is -0.132. The first kappa shape index (κ1) is 28.7. The Morgan fingerprint density at radius 3 is 2.46 bits per heavy atom. The van der Waals surface area contributed by atoms with Gasteiger partial charge in [0.05, 0.1) is 15.7 Å². The average Bonchev–Trinajstić information content (AvgIpc) is 2.79. The van der Waals surface area contributed by atoms with Crippen molar-refractivity contribution in [3.63, 3.8) is 0 Å². The van der Waals surface area contributed by atoms with Gasteiger partial charge in [0.2, 0.25) is 0 Å². The Labute approximate surface area is 224 Å². The number of halogens is 3. The van der Waals surface area contributed by atoms with Crippen molar-refractivity contribution in [3.05, 3.63) is 69.1 Å². The van der Waals surface area contributed by atoms with Gasteiger partial charge in [0.25, 0.3) is 11.8 Å². The van der Waals surface area contributed by atoms with E-state index in [2.05, 4.69) is 38.4 Å². The molecule has 0 aliphatic heterocycles. The average molecular weight is 585 g/mol. The van der Waals surface area contributed by atoms with Crippen molar-refractivity contribution in [3.8, 4) is 11.5 Å². The number of hydrogen-bond donors (Lipinski definition) is 2. The maximum Gasteiger partial charge on any atom is 0.262 e. The first-order valence-electron chi connectivity index (χ1n) is 10.9. The summed E-state index contributed by atoms with van der Waals surface area (Å²) in [4.78, 5) is 25.5. The monoisotopic (exact) mass is 583 g/mol. The zero-order valence-corrected chi connectivity index (χ0v) is 22.8. The predicted octanol–water partition coefficient (Wildman–Crippen LogP) is 5.77. The molecular weight excluding hydrogens is 557 g/mol. The molecule has 0 aromatic heterocycles. The van der Waals surface area contributed by atoms with Crippen molar-refractivity contribution in [2.24, 2.45) is 11.0 Å². The van der Waals surface area contributed by atoms with Crippen molar-refractivity contribution >= 4 is 57.2 Å². The third-order valence-electron chi connectivity index (χ3n) is 4.61. The van der Waals surface area contributed by atoms with Gasteiger partial charge >= 0.3 is 0 Å². The summed E-state index contributed by atoms with van der Waals surface area (Å²) in [5.74, 6) is 0.239. The summed E-state index contributed by atoms with van der Waals surface area (Å²) in [7, 11) is 0. The highest BCUT2D eigenvalue weighted by atomic mass is 79.9. The molecule has 10 heteroatoms. The smallest absolute Gasteiger partial charge is 0.262 e. The van der Waals surface area contributed by atoms with Crippen LogP contribution in [0.2, 0.25) is 10.0 Å². The number of nitrogens with one attached hydrogen (secondary N) is 2. The molecule has 2 rings (SSSR count). The maximum absolute atomic E-state index is 12.8. The Morgan fingerprint density at radius 1 is 1.11 bits per heavy atom. The van der Waals surface area contributed by atoms with E-state index in [1.54, 1.807) is 37.3 Å². The minimum absolute atomic E-state index is 0.149. The van der Waals surface area contributed by atoms with E-state index in [0.29, 0.717) is 29.5 Å². The molecule has 0 aliphatic rings. The van der Waals surface area contributed by atoms with E-state index in [0.717, 1.165) is 10.0 Å². The van der Waals surface area contributed by atoms with E-state index in [9.17, 15) is 9.59 Å². The Balaban J connectivity index is 2.00. The van der Waals surface area contributed by atoms with Gasteiger partial charge in [-0.1, -0.05) is 49.7 Å². The highest BCUT2D eigenvalue weighted by Crippen LogP contribution is 2.28. The molecule has 0 bridgehead atoms. The van der Waals surface area contributed by atoms with Gasteiger partial charge in [-0.2, -0.15) is 5.10 Å². The van der Waals surface area contributed by atoms with Gasteiger partial charge in [0.1, 0.15) is 24.1 Å². The van der Waals surface area contributed by atoms with Crippen LogP contribution >= 0.6 is 39.1 Å². The maximum atomic E-state index is 12.8. The Hall–Kier alpha value is -2.55. The first-order valence-corrected chi connectivity index (χ1v) is 12.4. The quantitative estimate of drug-likeness (QED) is 0.188. The molecule has 2 amide bonds. The highest BCUT2D eigenvalue weighted by Gasteiger charge is 2.25. The van der Waals surface area contributed by atoms with E-state index >= 15 is 0 Å². The molecule has 2 atom stereocenters. The van der Waals surface area contributed by atoms with Gasteiger partial charge in [-0.15, -0.1) is 0 Å². The Kier molecular flexibility index (Phi) is 11.6. The van der Waals surface area contributed by atoms with Crippen molar-refractivity contribution in [2.75, 3.05) is 6.61 Å². The number of hydrogen-bond acceptors (Lipinski definition) is 5. The normalized spacial score (nSPS) is 12.8. The molecular formula is C25H28BrCl2N3O4. The summed E-state index contributed by atoms with van der Waals surface area (Å²) in [5.41, 5.74) is 3.24. The van der Waals surface area contributed by atoms with Crippen LogP contribution in [0.3, 0.4) is 0 Å². The van der Waals surface area contributed by atoms with Crippen molar-refractivity contribution in [2.45, 2.75) is 39.3 Å². The molecule has 0 radical (unpaired) electrons. The van der Waals surface area contributed by atoms with Gasteiger partial charge < -0.3 is 14.8 Å².